The molecule has 2 fully saturated rings. The first-order valence-corrected chi connectivity index (χ1v) is 9.78. The van der Waals surface area contributed by atoms with Crippen molar-refractivity contribution in [3.8, 4) is 0 Å². The third kappa shape index (κ3) is 4.38. The van der Waals surface area contributed by atoms with Gasteiger partial charge in [0.05, 0.1) is 0 Å². The zero-order chi connectivity index (χ0) is 18.8. The maximum Gasteiger partial charge on any atom is 0.410 e. The van der Waals surface area contributed by atoms with Crippen LogP contribution in [0.3, 0.4) is 0 Å². The van der Waals surface area contributed by atoms with Gasteiger partial charge in [-0.1, -0.05) is 30.3 Å². The van der Waals surface area contributed by atoms with Crippen LogP contribution >= 0.6 is 0 Å². The van der Waals surface area contributed by atoms with Gasteiger partial charge >= 0.3 is 6.09 Å². The second-order valence-electron chi connectivity index (χ2n) is 8.86. The molecule has 1 aromatic rings. The Balaban J connectivity index is 1.67. The molecule has 144 valence electrons. The highest BCUT2D eigenvalue weighted by atomic mass is 16.6. The van der Waals surface area contributed by atoms with E-state index >= 15 is 0 Å². The second-order valence-corrected chi connectivity index (χ2v) is 8.86. The minimum atomic E-state index is -0.441. The Morgan fingerprint density at radius 2 is 1.88 bits per heavy atom. The van der Waals surface area contributed by atoms with Crippen LogP contribution in [-0.2, 0) is 11.3 Å². The maximum atomic E-state index is 12.4. The van der Waals surface area contributed by atoms with Crippen molar-refractivity contribution in [2.45, 2.75) is 57.7 Å². The smallest absolute Gasteiger partial charge is 0.410 e. The molecule has 5 heteroatoms. The van der Waals surface area contributed by atoms with Crippen LogP contribution in [0.1, 0.15) is 45.6 Å². The SMILES string of the molecule is CC(C)(C)OC(=O)N1CCC2(CC1)CC(CN)CN2Cc1ccccc1. The van der Waals surface area contributed by atoms with Crippen LogP contribution in [-0.4, -0.2) is 53.2 Å². The predicted octanol–water partition coefficient (Wildman–Crippen LogP) is 3.24. The van der Waals surface area contributed by atoms with E-state index in [-0.39, 0.29) is 11.6 Å². The van der Waals surface area contributed by atoms with E-state index in [2.05, 4.69) is 35.2 Å². The number of nitrogens with zero attached hydrogens (tertiary/aromatic N) is 2. The van der Waals surface area contributed by atoms with E-state index in [1.165, 1.54) is 5.56 Å². The summed E-state index contributed by atoms with van der Waals surface area (Å²) < 4.78 is 5.55. The van der Waals surface area contributed by atoms with Crippen LogP contribution in [0.5, 0.6) is 0 Å². The zero-order valence-electron chi connectivity index (χ0n) is 16.4. The Morgan fingerprint density at radius 1 is 1.23 bits per heavy atom. The molecular formula is C21H33N3O2. The molecule has 26 heavy (non-hydrogen) atoms. The molecule has 5 nitrogen and oxygen atoms in total. The Hall–Kier alpha value is -1.59. The van der Waals surface area contributed by atoms with Gasteiger partial charge in [0, 0.05) is 31.7 Å². The summed E-state index contributed by atoms with van der Waals surface area (Å²) in [5.41, 5.74) is 7.08. The maximum absolute atomic E-state index is 12.4. The number of benzene rings is 1. The number of hydrogen-bond donors (Lipinski definition) is 1. The first kappa shape index (κ1) is 19.2. The molecule has 2 aliphatic rings. The Bertz CT molecular complexity index is 603. The predicted molar refractivity (Wildman–Crippen MR) is 104 cm³/mol. The van der Waals surface area contributed by atoms with Crippen molar-refractivity contribution in [2.75, 3.05) is 26.2 Å². The van der Waals surface area contributed by atoms with Crippen LogP contribution in [0, 0.1) is 5.92 Å². The number of hydrogen-bond acceptors (Lipinski definition) is 4. The van der Waals surface area contributed by atoms with E-state index in [0.29, 0.717) is 5.92 Å². The van der Waals surface area contributed by atoms with Crippen LogP contribution in [0.4, 0.5) is 4.79 Å². The topological polar surface area (TPSA) is 58.8 Å². The molecule has 1 spiro atoms. The fraction of sp³-hybridized carbons (Fsp3) is 0.667. The van der Waals surface area contributed by atoms with Crippen molar-refractivity contribution < 1.29 is 9.53 Å². The minimum Gasteiger partial charge on any atom is -0.444 e. The van der Waals surface area contributed by atoms with Gasteiger partial charge < -0.3 is 15.4 Å². The molecule has 1 aromatic carbocycles. The fourth-order valence-electron chi connectivity index (χ4n) is 4.38. The van der Waals surface area contributed by atoms with Crippen molar-refractivity contribution >= 4 is 6.09 Å². The van der Waals surface area contributed by atoms with Crippen LogP contribution in [0.15, 0.2) is 30.3 Å². The lowest BCUT2D eigenvalue weighted by Crippen LogP contribution is -2.53. The minimum absolute atomic E-state index is 0.165. The monoisotopic (exact) mass is 359 g/mol. The Kier molecular flexibility index (Phi) is 5.58. The van der Waals surface area contributed by atoms with Crippen LogP contribution < -0.4 is 5.73 Å². The van der Waals surface area contributed by atoms with Crippen molar-refractivity contribution in [2.24, 2.45) is 11.7 Å². The number of carbonyl (C=O) groups is 1. The van der Waals surface area contributed by atoms with Gasteiger partial charge in [-0.05, 0) is 58.1 Å². The molecule has 1 unspecified atom stereocenters. The van der Waals surface area contributed by atoms with Crippen LogP contribution in [0.2, 0.25) is 0 Å². The molecule has 1 amide bonds. The molecule has 0 bridgehead atoms. The average Bonchev–Trinajstić information content (AvgIpc) is 2.92. The second kappa shape index (κ2) is 7.57. The number of carbonyl (C=O) groups excluding carboxylic acids is 1. The number of amides is 1. The standard InChI is InChI=1S/C21H33N3O2/c1-20(2,3)26-19(25)23-11-9-21(10-12-23)13-18(14-22)16-24(21)15-17-7-5-4-6-8-17/h4-8,18H,9-16,22H2,1-3H3. The summed E-state index contributed by atoms with van der Waals surface area (Å²) in [6, 6.07) is 10.6. The zero-order valence-corrected chi connectivity index (χ0v) is 16.4. The number of ether oxygens (including phenoxy) is 1. The summed E-state index contributed by atoms with van der Waals surface area (Å²) in [4.78, 5) is 16.9. The highest BCUT2D eigenvalue weighted by molar-refractivity contribution is 5.68. The summed E-state index contributed by atoms with van der Waals surface area (Å²) in [5.74, 6) is 0.548. The van der Waals surface area contributed by atoms with Crippen molar-refractivity contribution in [3.05, 3.63) is 35.9 Å². The number of nitrogens with two attached hydrogens (primary N) is 1. The quantitative estimate of drug-likeness (QED) is 0.900. The molecule has 2 saturated heterocycles. The van der Waals surface area contributed by atoms with Gasteiger partial charge in [0.2, 0.25) is 0 Å². The van der Waals surface area contributed by atoms with Gasteiger partial charge in [-0.15, -0.1) is 0 Å². The van der Waals surface area contributed by atoms with Crippen molar-refractivity contribution in [3.63, 3.8) is 0 Å². The molecule has 0 aliphatic carbocycles. The van der Waals surface area contributed by atoms with E-state index < -0.39 is 5.60 Å². The van der Waals surface area contributed by atoms with Gasteiger partial charge in [-0.25, -0.2) is 4.79 Å². The molecule has 0 aromatic heterocycles. The van der Waals surface area contributed by atoms with Gasteiger partial charge in [-0.3, -0.25) is 4.90 Å². The third-order valence-corrected chi connectivity index (χ3v) is 5.71. The molecule has 0 saturated carbocycles. The Labute approximate surface area is 157 Å². The van der Waals surface area contributed by atoms with Gasteiger partial charge in [0.25, 0.3) is 0 Å². The van der Waals surface area contributed by atoms with Crippen molar-refractivity contribution in [1.29, 1.82) is 0 Å². The first-order valence-electron chi connectivity index (χ1n) is 9.78. The lowest BCUT2D eigenvalue weighted by atomic mass is 9.82. The summed E-state index contributed by atoms with van der Waals surface area (Å²) in [6.07, 6.45) is 2.94. The molecular weight excluding hydrogens is 326 g/mol. The van der Waals surface area contributed by atoms with E-state index in [4.69, 9.17) is 10.5 Å². The summed E-state index contributed by atoms with van der Waals surface area (Å²) in [5, 5.41) is 0. The van der Waals surface area contributed by atoms with E-state index in [1.54, 1.807) is 0 Å². The van der Waals surface area contributed by atoms with E-state index in [0.717, 1.165) is 52.0 Å². The van der Waals surface area contributed by atoms with Crippen molar-refractivity contribution in [1.82, 2.24) is 9.80 Å². The summed E-state index contributed by atoms with van der Waals surface area (Å²) >= 11 is 0. The summed E-state index contributed by atoms with van der Waals surface area (Å²) in [6.45, 7) is 10.0. The van der Waals surface area contributed by atoms with Gasteiger partial charge in [-0.2, -0.15) is 0 Å². The highest BCUT2D eigenvalue weighted by Gasteiger charge is 2.47. The number of piperidine rings is 1. The largest absolute Gasteiger partial charge is 0.444 e. The number of likely N-dealkylation sites (tertiary alicyclic amines) is 2. The third-order valence-electron chi connectivity index (χ3n) is 5.71. The molecule has 0 radical (unpaired) electrons. The van der Waals surface area contributed by atoms with Gasteiger partial charge in [0.1, 0.15) is 5.60 Å². The molecule has 2 heterocycles. The average molecular weight is 360 g/mol. The molecule has 2 aliphatic heterocycles. The normalized spacial score (nSPS) is 23.4. The van der Waals surface area contributed by atoms with E-state index in [9.17, 15) is 4.79 Å². The summed E-state index contributed by atoms with van der Waals surface area (Å²) in [7, 11) is 0. The highest BCUT2D eigenvalue weighted by Crippen LogP contribution is 2.41. The Morgan fingerprint density at radius 3 is 2.46 bits per heavy atom. The molecule has 1 atom stereocenters. The molecule has 3 rings (SSSR count). The number of rotatable bonds is 3. The lowest BCUT2D eigenvalue weighted by molar-refractivity contribution is 0.00162. The molecule has 2 N–H and O–H groups in total. The fourth-order valence-corrected chi connectivity index (χ4v) is 4.38. The van der Waals surface area contributed by atoms with E-state index in [1.807, 2.05) is 25.7 Å². The van der Waals surface area contributed by atoms with Gasteiger partial charge in [0.15, 0.2) is 0 Å². The lowest BCUT2D eigenvalue weighted by Gasteiger charge is -2.45. The first-order chi connectivity index (χ1) is 12.3. The van der Waals surface area contributed by atoms with Crippen LogP contribution in [0.25, 0.3) is 0 Å².